The first kappa shape index (κ1) is 20.5. The second-order valence-corrected chi connectivity index (χ2v) is 8.14. The van der Waals surface area contributed by atoms with Crippen molar-refractivity contribution in [2.24, 2.45) is 0 Å². The van der Waals surface area contributed by atoms with E-state index < -0.39 is 0 Å². The fourth-order valence-corrected chi connectivity index (χ4v) is 4.27. The number of pyridine rings is 2. The van der Waals surface area contributed by atoms with Crippen LogP contribution in [0.2, 0.25) is 0 Å². The second kappa shape index (κ2) is 8.34. The Morgan fingerprint density at radius 3 is 2.76 bits per heavy atom. The lowest BCUT2D eigenvalue weighted by atomic mass is 10.3. The van der Waals surface area contributed by atoms with Crippen LogP contribution in [-0.4, -0.2) is 72.5 Å². The van der Waals surface area contributed by atoms with E-state index in [2.05, 4.69) is 36.0 Å². The Morgan fingerprint density at radius 1 is 1.09 bits per heavy atom. The minimum absolute atomic E-state index is 0.551. The molecule has 11 heteroatoms. The van der Waals surface area contributed by atoms with Crippen LogP contribution in [0.15, 0.2) is 42.9 Å². The van der Waals surface area contributed by atoms with E-state index in [1.807, 2.05) is 49.0 Å². The van der Waals surface area contributed by atoms with Gasteiger partial charge in [-0.2, -0.15) is 0 Å². The fraction of sp³-hybridized carbons (Fsp3) is 0.304. The zero-order chi connectivity index (χ0) is 23.1. The number of hydrogen-bond acceptors (Lipinski definition) is 9. The van der Waals surface area contributed by atoms with Gasteiger partial charge in [-0.15, -0.1) is 10.2 Å². The van der Waals surface area contributed by atoms with Crippen molar-refractivity contribution in [1.82, 2.24) is 39.1 Å². The highest BCUT2D eigenvalue weighted by Crippen LogP contribution is 2.28. The molecule has 1 aliphatic heterocycles. The van der Waals surface area contributed by atoms with Crippen LogP contribution in [0, 0.1) is 6.92 Å². The Labute approximate surface area is 195 Å². The third kappa shape index (κ3) is 3.50. The van der Waals surface area contributed by atoms with Crippen molar-refractivity contribution < 1.29 is 4.74 Å². The molecule has 1 fully saturated rings. The Morgan fingerprint density at radius 2 is 1.97 bits per heavy atom. The number of morpholine rings is 1. The summed E-state index contributed by atoms with van der Waals surface area (Å²) in [4.78, 5) is 21.3. The highest BCUT2D eigenvalue weighted by molar-refractivity contribution is 5.82. The van der Waals surface area contributed by atoms with Crippen molar-refractivity contribution in [3.63, 3.8) is 0 Å². The molecule has 11 nitrogen and oxygen atoms in total. The minimum Gasteiger partial charge on any atom is -0.378 e. The molecule has 34 heavy (non-hydrogen) atoms. The minimum atomic E-state index is 0.551. The number of rotatable bonds is 5. The van der Waals surface area contributed by atoms with Gasteiger partial charge in [0.15, 0.2) is 11.6 Å². The molecule has 6 rings (SSSR count). The number of anilines is 2. The van der Waals surface area contributed by atoms with Gasteiger partial charge in [0.2, 0.25) is 5.65 Å². The van der Waals surface area contributed by atoms with Crippen LogP contribution in [0.1, 0.15) is 11.5 Å². The molecule has 6 heterocycles. The molecular weight excluding hydrogens is 432 g/mol. The third-order valence-corrected chi connectivity index (χ3v) is 6.03. The number of nitrogens with zero attached hydrogens (tertiary/aromatic N) is 9. The van der Waals surface area contributed by atoms with Gasteiger partial charge >= 0.3 is 0 Å². The highest BCUT2D eigenvalue weighted by Gasteiger charge is 2.20. The first-order valence-corrected chi connectivity index (χ1v) is 11.2. The number of hydrogen-bond donors (Lipinski definition) is 1. The molecule has 1 saturated heterocycles. The van der Waals surface area contributed by atoms with Gasteiger partial charge in [0.25, 0.3) is 0 Å². The van der Waals surface area contributed by atoms with E-state index in [1.165, 1.54) is 0 Å². The van der Waals surface area contributed by atoms with Crippen LogP contribution >= 0.6 is 0 Å². The van der Waals surface area contributed by atoms with Crippen LogP contribution in [0.3, 0.4) is 0 Å². The smallest absolute Gasteiger partial charge is 0.203 e. The van der Waals surface area contributed by atoms with E-state index in [0.717, 1.165) is 47.3 Å². The molecule has 0 amide bonds. The first-order valence-electron chi connectivity index (χ1n) is 11.2. The Bertz CT molecular complexity index is 1470. The van der Waals surface area contributed by atoms with Crippen LogP contribution in [0.25, 0.3) is 28.2 Å². The van der Waals surface area contributed by atoms with E-state index in [1.54, 1.807) is 6.20 Å². The van der Waals surface area contributed by atoms with E-state index in [4.69, 9.17) is 19.7 Å². The molecule has 0 aliphatic carbocycles. The zero-order valence-electron chi connectivity index (χ0n) is 19.0. The third-order valence-electron chi connectivity index (χ3n) is 6.03. The Balaban J connectivity index is 1.55. The van der Waals surface area contributed by atoms with Crippen molar-refractivity contribution in [2.75, 3.05) is 43.6 Å². The Kier molecular flexibility index (Phi) is 5.02. The van der Waals surface area contributed by atoms with Crippen molar-refractivity contribution in [2.45, 2.75) is 13.5 Å². The molecular formula is C23H24N10O. The summed E-state index contributed by atoms with van der Waals surface area (Å²) in [5.74, 6) is 3.06. The van der Waals surface area contributed by atoms with E-state index in [-0.39, 0.29) is 0 Å². The summed E-state index contributed by atoms with van der Waals surface area (Å²) >= 11 is 0. The fourth-order valence-electron chi connectivity index (χ4n) is 4.27. The largest absolute Gasteiger partial charge is 0.378 e. The van der Waals surface area contributed by atoms with Crippen molar-refractivity contribution in [1.29, 1.82) is 0 Å². The summed E-state index contributed by atoms with van der Waals surface area (Å²) < 4.78 is 9.59. The zero-order valence-corrected chi connectivity index (χ0v) is 19.0. The molecule has 1 aliphatic rings. The average molecular weight is 457 g/mol. The van der Waals surface area contributed by atoms with Crippen molar-refractivity contribution >= 4 is 28.3 Å². The van der Waals surface area contributed by atoms with Crippen LogP contribution in [0.4, 0.5) is 11.6 Å². The molecule has 1 N–H and O–H groups in total. The molecule has 0 radical (unpaired) electrons. The molecule has 0 atom stereocenters. The van der Waals surface area contributed by atoms with Gasteiger partial charge in [-0.1, -0.05) is 6.07 Å². The molecule has 0 spiro atoms. The lowest BCUT2D eigenvalue weighted by molar-refractivity contribution is 0.122. The highest BCUT2D eigenvalue weighted by atomic mass is 16.5. The van der Waals surface area contributed by atoms with Crippen LogP contribution < -0.4 is 10.2 Å². The molecule has 5 aromatic heterocycles. The van der Waals surface area contributed by atoms with E-state index in [0.29, 0.717) is 36.9 Å². The van der Waals surface area contributed by atoms with Crippen molar-refractivity contribution in [3.8, 4) is 11.5 Å². The normalized spacial score (nSPS) is 14.2. The first-order chi connectivity index (χ1) is 16.7. The molecule has 0 saturated carbocycles. The number of aryl methyl sites for hydroxylation is 1. The summed E-state index contributed by atoms with van der Waals surface area (Å²) in [7, 11) is 1.82. The molecule has 0 bridgehead atoms. The number of imidazole rings is 1. The molecule has 0 aromatic carbocycles. The molecule has 0 unspecified atom stereocenters. The SMILES string of the molecule is CNc1nc(-c2nc3cnc(N4CCOCC4)cc3n2Cc2ccccn2)cn2c(C)nnc12. The van der Waals surface area contributed by atoms with E-state index in [9.17, 15) is 0 Å². The summed E-state index contributed by atoms with van der Waals surface area (Å²) in [6, 6.07) is 8.02. The van der Waals surface area contributed by atoms with Gasteiger partial charge in [-0.25, -0.2) is 15.0 Å². The molecule has 5 aromatic rings. The Hall–Kier alpha value is -4.12. The number of ether oxygens (including phenoxy) is 1. The van der Waals surface area contributed by atoms with Gasteiger partial charge < -0.3 is 19.5 Å². The average Bonchev–Trinajstić information content (AvgIpc) is 3.44. The lowest BCUT2D eigenvalue weighted by Crippen LogP contribution is -2.36. The van der Waals surface area contributed by atoms with Crippen LogP contribution in [-0.2, 0) is 11.3 Å². The number of nitrogens with one attached hydrogen (secondary N) is 1. The predicted molar refractivity (Wildman–Crippen MR) is 128 cm³/mol. The second-order valence-electron chi connectivity index (χ2n) is 8.14. The van der Waals surface area contributed by atoms with Crippen molar-refractivity contribution in [3.05, 3.63) is 54.4 Å². The number of fused-ring (bicyclic) bond motifs is 2. The standard InChI is InChI=1S/C23H24N10O/c1-15-29-30-23-21(24-2)27-18(14-32(15)23)22-28-17-12-26-20(31-7-9-34-10-8-31)11-19(17)33(22)13-16-5-3-4-6-25-16/h3-6,11-12,14H,7-10,13H2,1-2H3,(H,24,27). The predicted octanol–water partition coefficient (Wildman–Crippen LogP) is 2.17. The summed E-state index contributed by atoms with van der Waals surface area (Å²) in [6.45, 7) is 5.50. The van der Waals surface area contributed by atoms with Gasteiger partial charge in [-0.3, -0.25) is 9.38 Å². The maximum atomic E-state index is 5.51. The monoisotopic (exact) mass is 456 g/mol. The summed E-state index contributed by atoms with van der Waals surface area (Å²) in [5, 5.41) is 11.6. The van der Waals surface area contributed by atoms with Gasteiger partial charge in [0, 0.05) is 38.6 Å². The number of aromatic nitrogens is 8. The maximum absolute atomic E-state index is 5.51. The van der Waals surface area contributed by atoms with Gasteiger partial charge in [-0.05, 0) is 19.1 Å². The van der Waals surface area contributed by atoms with Crippen LogP contribution in [0.5, 0.6) is 0 Å². The molecule has 172 valence electrons. The van der Waals surface area contributed by atoms with Gasteiger partial charge in [0.05, 0.1) is 37.2 Å². The summed E-state index contributed by atoms with van der Waals surface area (Å²) in [5.41, 5.74) is 4.09. The summed E-state index contributed by atoms with van der Waals surface area (Å²) in [6.07, 6.45) is 5.57. The lowest BCUT2D eigenvalue weighted by Gasteiger charge is -2.27. The van der Waals surface area contributed by atoms with E-state index >= 15 is 0 Å². The quantitative estimate of drug-likeness (QED) is 0.425. The van der Waals surface area contributed by atoms with Gasteiger partial charge in [0.1, 0.15) is 22.9 Å². The maximum Gasteiger partial charge on any atom is 0.203 e. The topological polar surface area (TPSA) is 111 Å².